The lowest BCUT2D eigenvalue weighted by molar-refractivity contribution is 0.562. The first-order chi connectivity index (χ1) is 5.59. The summed E-state index contributed by atoms with van der Waals surface area (Å²) in [5.41, 5.74) is -0.0519. The second kappa shape index (κ2) is 3.44. The zero-order chi connectivity index (χ0) is 9.14. The molecule has 1 aromatic rings. The number of anilines is 1. The fourth-order valence-corrected chi connectivity index (χ4v) is 0.816. The van der Waals surface area contributed by atoms with Gasteiger partial charge in [0, 0.05) is 6.07 Å². The molecule has 0 saturated heterocycles. The van der Waals surface area contributed by atoms with E-state index in [1.54, 1.807) is 0 Å². The summed E-state index contributed by atoms with van der Waals surface area (Å²) < 4.78 is 25.1. The van der Waals surface area contributed by atoms with Crippen molar-refractivity contribution in [3.63, 3.8) is 0 Å². The molecule has 0 fully saturated rings. The zero-order valence-corrected chi connectivity index (χ0v) is 6.66. The number of aliphatic hydroxyl groups excluding tert-OH is 1. The molecule has 0 unspecified atom stereocenters. The van der Waals surface area contributed by atoms with Crippen LogP contribution in [0, 0.1) is 11.6 Å². The summed E-state index contributed by atoms with van der Waals surface area (Å²) in [4.78, 5) is 0. The maximum absolute atomic E-state index is 12.7. The van der Waals surface area contributed by atoms with Gasteiger partial charge in [-0.1, -0.05) is 0 Å². The van der Waals surface area contributed by atoms with Crippen LogP contribution in [0.3, 0.4) is 0 Å². The van der Waals surface area contributed by atoms with E-state index in [2.05, 4.69) is 17.5 Å². The number of hydrogen-bond acceptors (Lipinski definition) is 1. The Morgan fingerprint density at radius 1 is 1.42 bits per heavy atom. The highest BCUT2D eigenvalue weighted by molar-refractivity contribution is 7.80. The first-order valence-electron chi connectivity index (χ1n) is 3.04. The molecule has 0 radical (unpaired) electrons. The second-order valence-corrected chi connectivity index (χ2v) is 2.44. The van der Waals surface area contributed by atoms with Gasteiger partial charge < -0.3 is 10.4 Å². The minimum atomic E-state index is -0.800. The first-order valence-corrected chi connectivity index (χ1v) is 3.45. The van der Waals surface area contributed by atoms with E-state index in [9.17, 15) is 8.78 Å². The molecule has 0 aliphatic carbocycles. The molecule has 2 N–H and O–H groups in total. The third-order valence-corrected chi connectivity index (χ3v) is 1.27. The third kappa shape index (κ3) is 2.13. The van der Waals surface area contributed by atoms with Crippen LogP contribution in [0.25, 0.3) is 0 Å². The molecule has 0 saturated carbocycles. The number of thiocarbonyl (C=S) groups is 1. The summed E-state index contributed by atoms with van der Waals surface area (Å²) in [5.74, 6) is -1.48. The van der Waals surface area contributed by atoms with Gasteiger partial charge >= 0.3 is 0 Å². The minimum absolute atomic E-state index is 0.0519. The van der Waals surface area contributed by atoms with Crippen LogP contribution in [0.2, 0.25) is 0 Å². The van der Waals surface area contributed by atoms with E-state index in [1.165, 1.54) is 0 Å². The van der Waals surface area contributed by atoms with Crippen LogP contribution in [0.5, 0.6) is 0 Å². The van der Waals surface area contributed by atoms with Crippen molar-refractivity contribution in [3.05, 3.63) is 29.8 Å². The summed E-state index contributed by atoms with van der Waals surface area (Å²) in [7, 11) is 0. The Bertz CT molecular complexity index is 316. The third-order valence-electron chi connectivity index (χ3n) is 1.17. The highest BCUT2D eigenvalue weighted by atomic mass is 32.1. The van der Waals surface area contributed by atoms with Crippen molar-refractivity contribution < 1.29 is 13.9 Å². The smallest absolute Gasteiger partial charge is 0.258 e. The molecule has 0 aliphatic heterocycles. The Morgan fingerprint density at radius 3 is 2.58 bits per heavy atom. The molecule has 0 bridgehead atoms. The monoisotopic (exact) mass is 189 g/mol. The van der Waals surface area contributed by atoms with E-state index in [0.717, 1.165) is 12.1 Å². The maximum atomic E-state index is 12.7. The predicted molar refractivity (Wildman–Crippen MR) is 45.2 cm³/mol. The van der Waals surface area contributed by atoms with Crippen molar-refractivity contribution in [3.8, 4) is 0 Å². The Morgan fingerprint density at radius 2 is 2.08 bits per heavy atom. The van der Waals surface area contributed by atoms with Crippen LogP contribution < -0.4 is 5.32 Å². The molecule has 0 amide bonds. The van der Waals surface area contributed by atoms with Gasteiger partial charge in [0.2, 0.25) is 0 Å². The van der Waals surface area contributed by atoms with Crippen molar-refractivity contribution in [1.29, 1.82) is 0 Å². The average Bonchev–Trinajstić information content (AvgIpc) is 1.94. The summed E-state index contributed by atoms with van der Waals surface area (Å²) in [6.45, 7) is 0. The molecule has 12 heavy (non-hydrogen) atoms. The minimum Gasteiger partial charge on any atom is -0.486 e. The molecular formula is C7H5F2NOS. The number of rotatable bonds is 1. The van der Waals surface area contributed by atoms with E-state index in [1.807, 2.05) is 0 Å². The Hall–Kier alpha value is -1.23. The van der Waals surface area contributed by atoms with Gasteiger partial charge in [-0.2, -0.15) is 0 Å². The maximum Gasteiger partial charge on any atom is 0.258 e. The van der Waals surface area contributed by atoms with Gasteiger partial charge in [0.25, 0.3) is 5.17 Å². The van der Waals surface area contributed by atoms with Crippen molar-refractivity contribution in [1.82, 2.24) is 0 Å². The SMILES string of the molecule is OC(=S)Nc1ccc(F)cc1F. The molecule has 0 spiro atoms. The molecule has 0 atom stereocenters. The Labute approximate surface area is 72.8 Å². The molecule has 1 aromatic carbocycles. The van der Waals surface area contributed by atoms with Crippen LogP contribution in [-0.4, -0.2) is 10.3 Å². The molecular weight excluding hydrogens is 184 g/mol. The van der Waals surface area contributed by atoms with Crippen molar-refractivity contribution in [2.45, 2.75) is 0 Å². The quantitative estimate of drug-likeness (QED) is 0.664. The summed E-state index contributed by atoms with van der Waals surface area (Å²) in [6.07, 6.45) is 0. The van der Waals surface area contributed by atoms with Crippen LogP contribution in [-0.2, 0) is 0 Å². The fraction of sp³-hybridized carbons (Fsp3) is 0. The zero-order valence-electron chi connectivity index (χ0n) is 5.84. The standard InChI is InChI=1S/C7H5F2NOS/c8-4-1-2-6(5(9)3-4)10-7(11)12/h1-3H,(H2,10,11,12). The number of nitrogens with one attached hydrogen (secondary N) is 1. The van der Waals surface area contributed by atoms with Gasteiger partial charge in [-0.15, -0.1) is 0 Å². The van der Waals surface area contributed by atoms with E-state index in [-0.39, 0.29) is 5.69 Å². The van der Waals surface area contributed by atoms with Gasteiger partial charge in [0.1, 0.15) is 11.6 Å². The Kier molecular flexibility index (Phi) is 2.54. The highest BCUT2D eigenvalue weighted by Gasteiger charge is 2.03. The van der Waals surface area contributed by atoms with Crippen LogP contribution in [0.4, 0.5) is 14.5 Å². The lowest BCUT2D eigenvalue weighted by Gasteiger charge is -2.02. The number of halogens is 2. The van der Waals surface area contributed by atoms with E-state index in [0.29, 0.717) is 6.07 Å². The highest BCUT2D eigenvalue weighted by Crippen LogP contribution is 2.14. The normalized spacial score (nSPS) is 9.50. The summed E-state index contributed by atoms with van der Waals surface area (Å²) in [6, 6.07) is 2.90. The molecule has 1 rings (SSSR count). The number of hydrogen-bond donors (Lipinski definition) is 2. The Balaban J connectivity index is 2.93. The molecule has 0 heterocycles. The molecule has 0 aromatic heterocycles. The largest absolute Gasteiger partial charge is 0.486 e. The number of benzene rings is 1. The molecule has 2 nitrogen and oxygen atoms in total. The molecule has 64 valence electrons. The van der Waals surface area contributed by atoms with Gasteiger partial charge in [-0.3, -0.25) is 0 Å². The van der Waals surface area contributed by atoms with Gasteiger partial charge in [0.15, 0.2) is 0 Å². The van der Waals surface area contributed by atoms with E-state index < -0.39 is 16.8 Å². The van der Waals surface area contributed by atoms with E-state index in [4.69, 9.17) is 5.11 Å². The number of aliphatic hydroxyl groups is 1. The van der Waals surface area contributed by atoms with Gasteiger partial charge in [-0.25, -0.2) is 8.78 Å². The van der Waals surface area contributed by atoms with Crippen LogP contribution in [0.1, 0.15) is 0 Å². The summed E-state index contributed by atoms with van der Waals surface area (Å²) >= 11 is 4.25. The first kappa shape index (κ1) is 8.86. The van der Waals surface area contributed by atoms with Crippen molar-refractivity contribution in [2.24, 2.45) is 0 Å². The average molecular weight is 189 g/mol. The lowest BCUT2D eigenvalue weighted by atomic mass is 10.3. The topological polar surface area (TPSA) is 32.3 Å². The van der Waals surface area contributed by atoms with Crippen LogP contribution in [0.15, 0.2) is 18.2 Å². The molecule has 5 heteroatoms. The van der Waals surface area contributed by atoms with Gasteiger partial charge in [0.05, 0.1) is 5.69 Å². The van der Waals surface area contributed by atoms with Gasteiger partial charge in [-0.05, 0) is 24.4 Å². The van der Waals surface area contributed by atoms with E-state index >= 15 is 0 Å². The van der Waals surface area contributed by atoms with Crippen LogP contribution >= 0.6 is 12.2 Å². The summed E-state index contributed by atoms with van der Waals surface area (Å²) in [5, 5.41) is 10.2. The lowest BCUT2D eigenvalue weighted by Crippen LogP contribution is -2.08. The fourth-order valence-electron chi connectivity index (χ4n) is 0.706. The van der Waals surface area contributed by atoms with Crippen molar-refractivity contribution in [2.75, 3.05) is 5.32 Å². The second-order valence-electron chi connectivity index (χ2n) is 2.05. The van der Waals surface area contributed by atoms with Crippen molar-refractivity contribution >= 4 is 23.1 Å². The predicted octanol–water partition coefficient (Wildman–Crippen LogP) is 2.22. The molecule has 0 aliphatic rings.